The molecule has 2 aromatic heterocycles. The maximum absolute atomic E-state index is 5.31. The highest BCUT2D eigenvalue weighted by Gasteiger charge is 2.24. The first-order chi connectivity index (χ1) is 21.8. The van der Waals surface area contributed by atoms with E-state index < -0.39 is 0 Å². The molecule has 1 atom stereocenters. The fourth-order valence-electron chi connectivity index (χ4n) is 6.79. The Kier molecular flexibility index (Phi) is 5.53. The monoisotopic (exact) mass is 564 g/mol. The maximum atomic E-state index is 5.31. The van der Waals surface area contributed by atoms with E-state index in [1.54, 1.807) is 0 Å². The number of fused-ring (bicyclic) bond motifs is 6. The molecule has 1 N–H and O–H groups in total. The van der Waals surface area contributed by atoms with Crippen LogP contribution in [-0.2, 0) is 0 Å². The lowest BCUT2D eigenvalue weighted by Gasteiger charge is -2.27. The largest absolute Gasteiger partial charge is 0.346 e. The predicted octanol–water partition coefficient (Wildman–Crippen LogP) is 9.48. The van der Waals surface area contributed by atoms with Gasteiger partial charge in [-0.2, -0.15) is 0 Å². The van der Waals surface area contributed by atoms with E-state index >= 15 is 0 Å². The van der Waals surface area contributed by atoms with Crippen molar-refractivity contribution < 1.29 is 0 Å². The highest BCUT2D eigenvalue weighted by molar-refractivity contribution is 6.14. The quantitative estimate of drug-likeness (QED) is 0.227. The third kappa shape index (κ3) is 3.81. The minimum atomic E-state index is -0.327. The van der Waals surface area contributed by atoms with Crippen LogP contribution in [0, 0.1) is 0 Å². The maximum Gasteiger partial charge on any atom is 0.201 e. The van der Waals surface area contributed by atoms with Gasteiger partial charge < -0.3 is 14.5 Å². The molecule has 0 radical (unpaired) electrons. The van der Waals surface area contributed by atoms with Gasteiger partial charge in [-0.05, 0) is 53.6 Å². The van der Waals surface area contributed by atoms with Crippen LogP contribution in [0.1, 0.15) is 17.4 Å². The molecule has 44 heavy (non-hydrogen) atoms. The molecule has 1 aliphatic heterocycles. The van der Waals surface area contributed by atoms with Crippen molar-refractivity contribution in [1.29, 1.82) is 0 Å². The fraction of sp³-hybridized carbons (Fsp3) is 0.0250. The summed E-state index contributed by atoms with van der Waals surface area (Å²) in [5.74, 6) is 0. The van der Waals surface area contributed by atoms with E-state index in [1.807, 2.05) is 6.07 Å². The molecule has 0 saturated heterocycles. The van der Waals surface area contributed by atoms with Gasteiger partial charge in [0.15, 0.2) is 0 Å². The number of nitrogens with one attached hydrogen (secondary N) is 1. The van der Waals surface area contributed by atoms with Crippen molar-refractivity contribution in [2.75, 3.05) is 0 Å². The smallest absolute Gasteiger partial charge is 0.201 e. The molecule has 1 aliphatic rings. The van der Waals surface area contributed by atoms with Crippen LogP contribution in [0.3, 0.4) is 0 Å². The van der Waals surface area contributed by atoms with Gasteiger partial charge in [0.25, 0.3) is 0 Å². The summed E-state index contributed by atoms with van der Waals surface area (Å²) in [7, 11) is 0. The molecule has 4 heteroatoms. The Hall–Kier alpha value is -5.87. The minimum absolute atomic E-state index is 0.327. The minimum Gasteiger partial charge on any atom is -0.346 e. The van der Waals surface area contributed by atoms with Crippen LogP contribution in [-0.4, -0.2) is 14.8 Å². The molecule has 0 aliphatic carbocycles. The fourth-order valence-corrected chi connectivity index (χ4v) is 6.79. The first kappa shape index (κ1) is 24.7. The summed E-state index contributed by atoms with van der Waals surface area (Å²) in [5, 5.41) is 8.72. The Bertz CT molecular complexity index is 2360. The highest BCUT2D eigenvalue weighted by atomic mass is 15.3. The summed E-state index contributed by atoms with van der Waals surface area (Å²) in [6.45, 7) is 0. The van der Waals surface area contributed by atoms with E-state index in [1.165, 1.54) is 32.6 Å². The molecular weight excluding hydrogens is 536 g/mol. The zero-order chi connectivity index (χ0) is 29.0. The van der Waals surface area contributed by atoms with E-state index in [4.69, 9.17) is 4.99 Å². The molecular formula is C40H28N4. The van der Waals surface area contributed by atoms with Crippen LogP contribution in [0.15, 0.2) is 163 Å². The first-order valence-corrected chi connectivity index (χ1v) is 15.0. The number of allylic oxidation sites excluding steroid dienone is 1. The molecule has 4 nitrogen and oxygen atoms in total. The zero-order valence-electron chi connectivity index (χ0n) is 23.9. The molecule has 3 heterocycles. The van der Waals surface area contributed by atoms with E-state index in [0.717, 1.165) is 39.3 Å². The molecule has 0 fully saturated rings. The summed E-state index contributed by atoms with van der Waals surface area (Å²) in [5.41, 5.74) is 10.1. The molecule has 0 amide bonds. The van der Waals surface area contributed by atoms with E-state index in [-0.39, 0.29) is 6.29 Å². The molecule has 1 unspecified atom stereocenters. The van der Waals surface area contributed by atoms with Crippen LogP contribution in [0.4, 0.5) is 0 Å². The molecule has 8 aromatic rings. The summed E-state index contributed by atoms with van der Waals surface area (Å²) < 4.78 is 4.73. The first-order valence-electron chi connectivity index (χ1n) is 15.0. The molecule has 0 bridgehead atoms. The summed E-state index contributed by atoms with van der Waals surface area (Å²) in [6.07, 6.45) is 1.84. The summed E-state index contributed by atoms with van der Waals surface area (Å²) in [6, 6.07) is 53.8. The van der Waals surface area contributed by atoms with Gasteiger partial charge in [0.2, 0.25) is 6.29 Å². The van der Waals surface area contributed by atoms with Gasteiger partial charge in [-0.15, -0.1) is 0 Å². The van der Waals surface area contributed by atoms with Crippen LogP contribution in [0.2, 0.25) is 0 Å². The Morgan fingerprint density at radius 2 is 1.00 bits per heavy atom. The van der Waals surface area contributed by atoms with Crippen molar-refractivity contribution in [1.82, 2.24) is 14.5 Å². The number of aliphatic imine (C=N–C) groups is 1. The third-order valence-electron chi connectivity index (χ3n) is 8.76. The Morgan fingerprint density at radius 3 is 1.66 bits per heavy atom. The average Bonchev–Trinajstić information content (AvgIpc) is 3.61. The Balaban J connectivity index is 1.27. The van der Waals surface area contributed by atoms with Crippen molar-refractivity contribution in [3.63, 3.8) is 0 Å². The van der Waals surface area contributed by atoms with E-state index in [9.17, 15) is 0 Å². The number of para-hydroxylation sites is 3. The second-order valence-electron chi connectivity index (χ2n) is 11.3. The molecule has 0 spiro atoms. The average molecular weight is 565 g/mol. The number of hydrogen-bond acceptors (Lipinski definition) is 2. The molecule has 9 rings (SSSR count). The summed E-state index contributed by atoms with van der Waals surface area (Å²) in [4.78, 5) is 5.31. The van der Waals surface area contributed by atoms with Crippen LogP contribution >= 0.6 is 0 Å². The number of benzene rings is 6. The van der Waals surface area contributed by atoms with Crippen LogP contribution < -0.4 is 5.32 Å². The third-order valence-corrected chi connectivity index (χ3v) is 8.76. The lowest BCUT2D eigenvalue weighted by atomic mass is 10.0. The van der Waals surface area contributed by atoms with Crippen molar-refractivity contribution >= 4 is 55.0 Å². The van der Waals surface area contributed by atoms with E-state index in [0.29, 0.717) is 0 Å². The molecule has 0 saturated carbocycles. The standard InChI is InChI=1S/C40H28N4/c1-3-13-27(14-4-1)34-26-35(28-15-5-2-6-16-28)42-40(41-34)44-38-22-12-9-19-32(38)33-25-29(23-24-39(33)44)43-36-20-10-7-17-30(36)31-18-8-11-21-37(31)43/h1-26,40-41H. The number of hydrogen-bond donors (Lipinski definition) is 1. The lowest BCUT2D eigenvalue weighted by Crippen LogP contribution is -2.29. The lowest BCUT2D eigenvalue weighted by molar-refractivity contribution is 0.508. The molecule has 6 aromatic carbocycles. The van der Waals surface area contributed by atoms with Crippen LogP contribution in [0.5, 0.6) is 0 Å². The Labute approximate surface area is 254 Å². The van der Waals surface area contributed by atoms with E-state index in [2.05, 4.69) is 166 Å². The predicted molar refractivity (Wildman–Crippen MR) is 183 cm³/mol. The van der Waals surface area contributed by atoms with Gasteiger partial charge in [-0.1, -0.05) is 115 Å². The van der Waals surface area contributed by atoms with Gasteiger partial charge in [-0.3, -0.25) is 0 Å². The number of nitrogens with zero attached hydrogens (tertiary/aromatic N) is 3. The highest BCUT2D eigenvalue weighted by Crippen LogP contribution is 2.37. The van der Waals surface area contributed by atoms with Gasteiger partial charge >= 0.3 is 0 Å². The van der Waals surface area contributed by atoms with Crippen molar-refractivity contribution in [3.8, 4) is 5.69 Å². The second kappa shape index (κ2) is 9.85. The molecule has 208 valence electrons. The SMILES string of the molecule is C1=C(c2ccccc2)NC(n2c3ccccc3c3cc(-n4c5ccccc5c5ccccc54)ccc32)N=C1c1ccccc1. The van der Waals surface area contributed by atoms with Crippen molar-refractivity contribution in [2.24, 2.45) is 4.99 Å². The Morgan fingerprint density at radius 1 is 0.477 bits per heavy atom. The van der Waals surface area contributed by atoms with Gasteiger partial charge in [-0.25, -0.2) is 4.99 Å². The van der Waals surface area contributed by atoms with Crippen molar-refractivity contribution in [3.05, 3.63) is 169 Å². The van der Waals surface area contributed by atoms with Crippen molar-refractivity contribution in [2.45, 2.75) is 6.29 Å². The number of rotatable bonds is 4. The van der Waals surface area contributed by atoms with Gasteiger partial charge in [0.1, 0.15) is 0 Å². The zero-order valence-corrected chi connectivity index (χ0v) is 23.9. The summed E-state index contributed by atoms with van der Waals surface area (Å²) >= 11 is 0. The van der Waals surface area contributed by atoms with Crippen LogP contribution in [0.25, 0.3) is 55.0 Å². The normalized spacial score (nSPS) is 15.0. The van der Waals surface area contributed by atoms with Gasteiger partial charge in [0.05, 0.1) is 27.8 Å². The topological polar surface area (TPSA) is 34.2 Å². The van der Waals surface area contributed by atoms with Gasteiger partial charge in [0, 0.05) is 32.9 Å². The number of aromatic nitrogens is 2. The second-order valence-corrected chi connectivity index (χ2v) is 11.3.